The molecular formula is C20H27N3O4. The van der Waals surface area contributed by atoms with Crippen molar-refractivity contribution in [3.05, 3.63) is 29.8 Å². The number of Topliss-reactive ketones (excluding diaryl/α,β-unsaturated/α-hetero) is 1. The van der Waals surface area contributed by atoms with Crippen LogP contribution in [0.25, 0.3) is 0 Å². The second-order valence-corrected chi connectivity index (χ2v) is 8.16. The Labute approximate surface area is 159 Å². The van der Waals surface area contributed by atoms with Gasteiger partial charge in [-0.3, -0.25) is 14.5 Å². The molecule has 0 radical (unpaired) electrons. The summed E-state index contributed by atoms with van der Waals surface area (Å²) in [5.41, 5.74) is 1.34. The smallest absolute Gasteiger partial charge is 0.345 e. The van der Waals surface area contributed by atoms with Crippen LogP contribution in [0.3, 0.4) is 0 Å². The number of carboxylic acid groups (broad SMARTS) is 1. The predicted molar refractivity (Wildman–Crippen MR) is 104 cm³/mol. The number of hydrazone groups is 1. The van der Waals surface area contributed by atoms with E-state index < -0.39 is 24.0 Å². The highest BCUT2D eigenvalue weighted by Crippen LogP contribution is 2.29. The van der Waals surface area contributed by atoms with Crippen LogP contribution in [0.4, 0.5) is 10.5 Å². The number of anilines is 1. The van der Waals surface area contributed by atoms with Gasteiger partial charge < -0.3 is 5.11 Å². The molecule has 0 fully saturated rings. The van der Waals surface area contributed by atoms with Crippen molar-refractivity contribution in [2.24, 2.45) is 16.4 Å². The van der Waals surface area contributed by atoms with Gasteiger partial charge in [-0.25, -0.2) is 9.80 Å². The van der Waals surface area contributed by atoms with E-state index >= 15 is 0 Å². The summed E-state index contributed by atoms with van der Waals surface area (Å²) >= 11 is 0. The molecule has 7 heteroatoms. The number of aliphatic carboxylic acids is 1. The molecule has 0 bridgehead atoms. The van der Waals surface area contributed by atoms with Gasteiger partial charge in [0.1, 0.15) is 6.54 Å². The second kappa shape index (κ2) is 7.90. The van der Waals surface area contributed by atoms with Gasteiger partial charge in [-0.2, -0.15) is 5.10 Å². The summed E-state index contributed by atoms with van der Waals surface area (Å²) in [5, 5.41) is 14.5. The number of para-hydroxylation sites is 1. The minimum Gasteiger partial charge on any atom is -0.480 e. The Morgan fingerprint density at radius 1 is 1.15 bits per heavy atom. The lowest BCUT2D eigenvalue weighted by molar-refractivity contribution is -0.137. The number of hydrogen-bond acceptors (Lipinski definition) is 4. The molecule has 146 valence electrons. The quantitative estimate of drug-likeness (QED) is 0.828. The fourth-order valence-electron chi connectivity index (χ4n) is 2.74. The predicted octanol–water partition coefficient (Wildman–Crippen LogP) is 3.38. The first-order valence-corrected chi connectivity index (χ1v) is 9.01. The summed E-state index contributed by atoms with van der Waals surface area (Å²) in [5.74, 6) is -1.02. The highest BCUT2D eigenvalue weighted by atomic mass is 16.4. The number of fused-ring (bicyclic) bond motifs is 1. The lowest BCUT2D eigenvalue weighted by Crippen LogP contribution is -2.46. The number of benzene rings is 1. The van der Waals surface area contributed by atoms with E-state index in [0.717, 1.165) is 10.6 Å². The second-order valence-electron chi connectivity index (χ2n) is 8.16. The SMILES string of the molecule is CC(C)CC1=NN(CC(=O)O)C(=O)N(CC(=O)C(C)(C)C)c2ccccc21. The van der Waals surface area contributed by atoms with Crippen LogP contribution in [0.1, 0.15) is 46.6 Å². The molecule has 0 atom stereocenters. The summed E-state index contributed by atoms with van der Waals surface area (Å²) in [7, 11) is 0. The molecule has 1 N–H and O–H groups in total. The van der Waals surface area contributed by atoms with E-state index in [1.54, 1.807) is 32.9 Å². The minimum absolute atomic E-state index is 0.117. The number of hydrogen-bond donors (Lipinski definition) is 1. The first kappa shape index (κ1) is 20.6. The number of carbonyl (C=O) groups excluding carboxylic acids is 2. The zero-order valence-electron chi connectivity index (χ0n) is 16.5. The van der Waals surface area contributed by atoms with Crippen LogP contribution in [0.2, 0.25) is 0 Å². The van der Waals surface area contributed by atoms with Gasteiger partial charge in [-0.05, 0) is 18.4 Å². The summed E-state index contributed by atoms with van der Waals surface area (Å²) in [6.07, 6.45) is 0.585. The molecule has 2 rings (SSSR count). The highest BCUT2D eigenvalue weighted by molar-refractivity contribution is 6.12. The molecule has 1 aromatic carbocycles. The third-order valence-corrected chi connectivity index (χ3v) is 4.22. The van der Waals surface area contributed by atoms with E-state index in [0.29, 0.717) is 17.8 Å². The standard InChI is InChI=1S/C20H27N3O4/c1-13(2)10-15-14-8-6-7-9-16(14)22(11-17(24)20(3,4)5)19(27)23(21-15)12-18(25)26/h6-9,13H,10-12H2,1-5H3,(H,25,26). The Morgan fingerprint density at radius 2 is 1.78 bits per heavy atom. The molecule has 0 unspecified atom stereocenters. The van der Waals surface area contributed by atoms with Crippen LogP contribution >= 0.6 is 0 Å². The molecule has 1 aliphatic rings. The summed E-state index contributed by atoms with van der Waals surface area (Å²) in [4.78, 5) is 38.3. The van der Waals surface area contributed by atoms with Crippen molar-refractivity contribution < 1.29 is 19.5 Å². The largest absolute Gasteiger partial charge is 0.480 e. The fourth-order valence-corrected chi connectivity index (χ4v) is 2.74. The number of ketones is 1. The minimum atomic E-state index is -1.16. The van der Waals surface area contributed by atoms with Gasteiger partial charge in [0.2, 0.25) is 0 Å². The van der Waals surface area contributed by atoms with Gasteiger partial charge in [0.25, 0.3) is 0 Å². The van der Waals surface area contributed by atoms with Gasteiger partial charge in [0, 0.05) is 11.0 Å². The van der Waals surface area contributed by atoms with E-state index in [9.17, 15) is 19.5 Å². The molecule has 0 saturated heterocycles. The van der Waals surface area contributed by atoms with Crippen LogP contribution in [-0.2, 0) is 9.59 Å². The first-order chi connectivity index (χ1) is 12.5. The molecule has 1 aliphatic heterocycles. The van der Waals surface area contributed by atoms with Gasteiger partial charge in [-0.15, -0.1) is 0 Å². The van der Waals surface area contributed by atoms with Crippen molar-refractivity contribution in [1.82, 2.24) is 5.01 Å². The van der Waals surface area contributed by atoms with Gasteiger partial charge >= 0.3 is 12.0 Å². The summed E-state index contributed by atoms with van der Waals surface area (Å²) in [6.45, 7) is 8.73. The molecule has 1 aromatic rings. The molecule has 0 spiro atoms. The summed E-state index contributed by atoms with van der Waals surface area (Å²) in [6, 6.07) is 6.64. The number of carboxylic acids is 1. The van der Waals surface area contributed by atoms with Crippen molar-refractivity contribution in [1.29, 1.82) is 0 Å². The number of carbonyl (C=O) groups is 3. The van der Waals surface area contributed by atoms with E-state index in [-0.39, 0.29) is 18.2 Å². The number of rotatable bonds is 6. The topological polar surface area (TPSA) is 90.3 Å². The molecule has 1 heterocycles. The average Bonchev–Trinajstić information content (AvgIpc) is 2.64. The van der Waals surface area contributed by atoms with Crippen LogP contribution in [-0.4, -0.2) is 46.7 Å². The van der Waals surface area contributed by atoms with Crippen LogP contribution < -0.4 is 4.90 Å². The molecule has 0 aromatic heterocycles. The van der Waals surface area contributed by atoms with Crippen molar-refractivity contribution in [3.8, 4) is 0 Å². The highest BCUT2D eigenvalue weighted by Gasteiger charge is 2.34. The lowest BCUT2D eigenvalue weighted by Gasteiger charge is -2.28. The maximum atomic E-state index is 13.1. The van der Waals surface area contributed by atoms with E-state index in [1.807, 2.05) is 26.0 Å². The van der Waals surface area contributed by atoms with E-state index in [4.69, 9.17) is 0 Å². The van der Waals surface area contributed by atoms with Crippen molar-refractivity contribution in [3.63, 3.8) is 0 Å². The average molecular weight is 373 g/mol. The Balaban J connectivity index is 2.57. The Hall–Kier alpha value is -2.70. The number of urea groups is 1. The van der Waals surface area contributed by atoms with Crippen LogP contribution in [0.15, 0.2) is 29.4 Å². The maximum absolute atomic E-state index is 13.1. The first-order valence-electron chi connectivity index (χ1n) is 9.01. The molecule has 2 amide bonds. The Bertz CT molecular complexity index is 778. The van der Waals surface area contributed by atoms with Crippen molar-refractivity contribution in [2.75, 3.05) is 18.0 Å². The third-order valence-electron chi connectivity index (χ3n) is 4.22. The van der Waals surface area contributed by atoms with Crippen molar-refractivity contribution in [2.45, 2.75) is 41.0 Å². The molecule has 27 heavy (non-hydrogen) atoms. The van der Waals surface area contributed by atoms with Crippen LogP contribution in [0.5, 0.6) is 0 Å². The summed E-state index contributed by atoms with van der Waals surface area (Å²) < 4.78 is 0. The fraction of sp³-hybridized carbons (Fsp3) is 0.500. The molecular weight excluding hydrogens is 346 g/mol. The van der Waals surface area contributed by atoms with Gasteiger partial charge in [-0.1, -0.05) is 52.8 Å². The van der Waals surface area contributed by atoms with Gasteiger partial charge in [0.05, 0.1) is 17.9 Å². The number of amides is 2. The number of nitrogens with zero attached hydrogens (tertiary/aromatic N) is 3. The monoisotopic (exact) mass is 373 g/mol. The third kappa shape index (κ3) is 4.93. The molecule has 7 nitrogen and oxygen atoms in total. The molecule has 0 aliphatic carbocycles. The molecule has 0 saturated carbocycles. The van der Waals surface area contributed by atoms with Crippen LogP contribution in [0, 0.1) is 11.3 Å². The Morgan fingerprint density at radius 3 is 2.33 bits per heavy atom. The van der Waals surface area contributed by atoms with Gasteiger partial charge in [0.15, 0.2) is 5.78 Å². The van der Waals surface area contributed by atoms with E-state index in [1.165, 1.54) is 4.90 Å². The maximum Gasteiger partial charge on any atom is 0.345 e. The zero-order valence-corrected chi connectivity index (χ0v) is 16.5. The van der Waals surface area contributed by atoms with E-state index in [2.05, 4.69) is 5.10 Å². The van der Waals surface area contributed by atoms with Crippen molar-refractivity contribution >= 4 is 29.2 Å². The normalized spacial score (nSPS) is 14.7. The lowest BCUT2D eigenvalue weighted by atomic mass is 9.90. The Kier molecular flexibility index (Phi) is 6.03. The zero-order chi connectivity index (χ0) is 20.4.